The van der Waals surface area contributed by atoms with Crippen molar-refractivity contribution in [1.82, 2.24) is 0 Å². The molecule has 2 aliphatic rings. The minimum Gasteiger partial charge on any atom is -0.325 e. The first-order valence-electron chi connectivity index (χ1n) is 7.76. The molecular formula is C18H20F3NO. The molecular weight excluding hydrogens is 303 g/mol. The third kappa shape index (κ3) is 2.37. The Labute approximate surface area is 133 Å². The number of nitrogens with one attached hydrogen (secondary N) is 1. The van der Waals surface area contributed by atoms with Crippen molar-refractivity contribution in [1.29, 1.82) is 0 Å². The van der Waals surface area contributed by atoms with Gasteiger partial charge in [-0.25, -0.2) is 0 Å². The van der Waals surface area contributed by atoms with Gasteiger partial charge in [0, 0.05) is 5.69 Å². The molecule has 124 valence electrons. The molecule has 2 aliphatic carbocycles. The molecule has 23 heavy (non-hydrogen) atoms. The Morgan fingerprint density at radius 2 is 2.04 bits per heavy atom. The second-order valence-corrected chi connectivity index (χ2v) is 7.25. The molecule has 2 atom stereocenters. The maximum Gasteiger partial charge on any atom is 0.416 e. The Morgan fingerprint density at radius 3 is 2.61 bits per heavy atom. The summed E-state index contributed by atoms with van der Waals surface area (Å²) in [5.41, 5.74) is -0.403. The molecule has 5 heteroatoms. The van der Waals surface area contributed by atoms with Crippen LogP contribution in [0, 0.1) is 16.7 Å². The van der Waals surface area contributed by atoms with E-state index in [1.54, 1.807) is 0 Å². The van der Waals surface area contributed by atoms with Crippen LogP contribution in [0.4, 0.5) is 18.9 Å². The molecule has 0 aromatic heterocycles. The summed E-state index contributed by atoms with van der Waals surface area (Å²) in [5.74, 6) is 0.192. The molecule has 0 aliphatic heterocycles. The quantitative estimate of drug-likeness (QED) is 0.760. The first-order chi connectivity index (χ1) is 10.6. The lowest BCUT2D eigenvalue weighted by molar-refractivity contribution is -0.137. The van der Waals surface area contributed by atoms with Crippen molar-refractivity contribution >= 4 is 11.6 Å². The predicted molar refractivity (Wildman–Crippen MR) is 82.8 cm³/mol. The zero-order chi connectivity index (χ0) is 17.0. The van der Waals surface area contributed by atoms with Crippen molar-refractivity contribution in [2.75, 3.05) is 5.32 Å². The van der Waals surface area contributed by atoms with E-state index in [2.05, 4.69) is 25.7 Å². The largest absolute Gasteiger partial charge is 0.416 e. The number of fused-ring (bicyclic) bond motifs is 2. The van der Waals surface area contributed by atoms with E-state index < -0.39 is 17.2 Å². The fraction of sp³-hybridized carbons (Fsp3) is 0.500. The molecule has 1 aromatic rings. The number of carbonyl (C=O) groups excluding carboxylic acids is 1. The zero-order valence-corrected chi connectivity index (χ0v) is 13.3. The topological polar surface area (TPSA) is 29.1 Å². The van der Waals surface area contributed by atoms with Crippen LogP contribution in [0.2, 0.25) is 0 Å². The molecule has 2 fully saturated rings. The SMILES string of the molecule is C=C1C(C)(C)[C@H]2CC[C@@]1(C(=O)Nc1cccc(C(F)(F)F)c1)C2. The highest BCUT2D eigenvalue weighted by Gasteiger charge is 2.60. The molecule has 0 heterocycles. The Hall–Kier alpha value is -1.78. The van der Waals surface area contributed by atoms with Gasteiger partial charge >= 0.3 is 6.18 Å². The average molecular weight is 323 g/mol. The van der Waals surface area contributed by atoms with Gasteiger partial charge in [0.05, 0.1) is 11.0 Å². The van der Waals surface area contributed by atoms with Crippen molar-refractivity contribution in [2.24, 2.45) is 16.7 Å². The summed E-state index contributed by atoms with van der Waals surface area (Å²) in [6.07, 6.45) is -1.99. The predicted octanol–water partition coefficient (Wildman–Crippen LogP) is 5.03. The summed E-state index contributed by atoms with van der Waals surface area (Å²) in [7, 11) is 0. The van der Waals surface area contributed by atoms with E-state index in [1.807, 2.05) is 0 Å². The van der Waals surface area contributed by atoms with Gasteiger partial charge < -0.3 is 5.32 Å². The van der Waals surface area contributed by atoms with Gasteiger partial charge in [0.1, 0.15) is 0 Å². The van der Waals surface area contributed by atoms with Crippen LogP contribution in [0.1, 0.15) is 38.7 Å². The number of benzene rings is 1. The van der Waals surface area contributed by atoms with Gasteiger partial charge in [-0.2, -0.15) is 13.2 Å². The van der Waals surface area contributed by atoms with Gasteiger partial charge in [-0.15, -0.1) is 0 Å². The number of anilines is 1. The summed E-state index contributed by atoms with van der Waals surface area (Å²) < 4.78 is 38.4. The van der Waals surface area contributed by atoms with Crippen LogP contribution < -0.4 is 5.32 Å². The summed E-state index contributed by atoms with van der Waals surface area (Å²) in [6, 6.07) is 4.76. The number of halogens is 3. The average Bonchev–Trinajstić information content (AvgIpc) is 2.99. The van der Waals surface area contributed by atoms with E-state index in [1.165, 1.54) is 12.1 Å². The molecule has 0 unspecified atom stereocenters. The summed E-state index contributed by atoms with van der Waals surface area (Å²) in [6.45, 7) is 8.33. The van der Waals surface area contributed by atoms with E-state index in [0.717, 1.165) is 37.0 Å². The normalized spacial score (nSPS) is 28.9. The third-order valence-electron chi connectivity index (χ3n) is 5.77. The van der Waals surface area contributed by atoms with Gasteiger partial charge in [0.2, 0.25) is 5.91 Å². The van der Waals surface area contributed by atoms with Crippen LogP contribution in [-0.4, -0.2) is 5.91 Å². The van der Waals surface area contributed by atoms with Crippen molar-refractivity contribution in [2.45, 2.75) is 39.3 Å². The first-order valence-corrected chi connectivity index (χ1v) is 7.76. The summed E-state index contributed by atoms with van der Waals surface area (Å²) >= 11 is 0. The molecule has 1 amide bonds. The zero-order valence-electron chi connectivity index (χ0n) is 13.3. The van der Waals surface area contributed by atoms with Gasteiger partial charge in [0.15, 0.2) is 0 Å². The molecule has 3 rings (SSSR count). The van der Waals surface area contributed by atoms with E-state index >= 15 is 0 Å². The maximum absolute atomic E-state index is 12.8. The van der Waals surface area contributed by atoms with E-state index in [0.29, 0.717) is 5.92 Å². The lowest BCUT2D eigenvalue weighted by Crippen LogP contribution is -2.37. The van der Waals surface area contributed by atoms with E-state index in [-0.39, 0.29) is 17.0 Å². The van der Waals surface area contributed by atoms with Crippen LogP contribution in [0.15, 0.2) is 36.4 Å². The molecule has 0 spiro atoms. The van der Waals surface area contributed by atoms with E-state index in [4.69, 9.17) is 0 Å². The standard InChI is InChI=1S/C18H20F3NO/c1-11-16(2,3)13-7-8-17(11,10-13)15(23)22-14-6-4-5-12(9-14)18(19,20)21/h4-6,9,13H,1,7-8,10H2,2-3H3,(H,22,23)/t13-,17+/m0/s1. The molecule has 0 saturated heterocycles. The highest BCUT2D eigenvalue weighted by molar-refractivity contribution is 5.98. The van der Waals surface area contributed by atoms with Crippen LogP contribution in [0.25, 0.3) is 0 Å². The van der Waals surface area contributed by atoms with Crippen molar-refractivity contribution < 1.29 is 18.0 Å². The second kappa shape index (κ2) is 4.86. The molecule has 2 bridgehead atoms. The number of alkyl halides is 3. The van der Waals surface area contributed by atoms with Gasteiger partial charge in [-0.05, 0) is 48.8 Å². The van der Waals surface area contributed by atoms with Crippen LogP contribution >= 0.6 is 0 Å². The third-order valence-corrected chi connectivity index (χ3v) is 5.77. The van der Waals surface area contributed by atoms with Crippen LogP contribution in [0.3, 0.4) is 0 Å². The highest BCUT2D eigenvalue weighted by atomic mass is 19.4. The van der Waals surface area contributed by atoms with Crippen LogP contribution in [0.5, 0.6) is 0 Å². The monoisotopic (exact) mass is 323 g/mol. The lowest BCUT2D eigenvalue weighted by Gasteiger charge is -2.37. The van der Waals surface area contributed by atoms with E-state index in [9.17, 15) is 18.0 Å². The highest BCUT2D eigenvalue weighted by Crippen LogP contribution is 2.65. The molecule has 1 aromatic carbocycles. The van der Waals surface area contributed by atoms with Crippen molar-refractivity contribution in [3.63, 3.8) is 0 Å². The second-order valence-electron chi connectivity index (χ2n) is 7.25. The Morgan fingerprint density at radius 1 is 1.35 bits per heavy atom. The number of rotatable bonds is 2. The minimum atomic E-state index is -4.42. The maximum atomic E-state index is 12.8. The van der Waals surface area contributed by atoms with Crippen LogP contribution in [-0.2, 0) is 11.0 Å². The number of hydrogen-bond acceptors (Lipinski definition) is 1. The van der Waals surface area contributed by atoms with Crippen molar-refractivity contribution in [3.8, 4) is 0 Å². The number of hydrogen-bond donors (Lipinski definition) is 1. The summed E-state index contributed by atoms with van der Waals surface area (Å²) in [5, 5.41) is 2.68. The van der Waals surface area contributed by atoms with Gasteiger partial charge in [0.25, 0.3) is 0 Å². The Kier molecular flexibility index (Phi) is 3.40. The molecule has 2 saturated carbocycles. The number of amides is 1. The fourth-order valence-electron chi connectivity index (χ4n) is 4.17. The molecule has 1 N–H and O–H groups in total. The summed E-state index contributed by atoms with van der Waals surface area (Å²) in [4.78, 5) is 12.8. The van der Waals surface area contributed by atoms with Gasteiger partial charge in [-0.1, -0.05) is 32.1 Å². The van der Waals surface area contributed by atoms with Gasteiger partial charge in [-0.3, -0.25) is 4.79 Å². The molecule has 0 radical (unpaired) electrons. The molecule has 2 nitrogen and oxygen atoms in total. The smallest absolute Gasteiger partial charge is 0.325 e. The Balaban J connectivity index is 1.85. The lowest BCUT2D eigenvalue weighted by atomic mass is 9.68. The minimum absolute atomic E-state index is 0.0938. The fourth-order valence-corrected chi connectivity index (χ4v) is 4.17. The van der Waals surface area contributed by atoms with Crippen molar-refractivity contribution in [3.05, 3.63) is 42.0 Å². The first kappa shape index (κ1) is 16.1. The Bertz CT molecular complexity index is 677. The number of carbonyl (C=O) groups is 1.